The molecule has 2 N–H and O–H groups in total. The van der Waals surface area contributed by atoms with Gasteiger partial charge in [-0.05, 0) is 31.0 Å². The lowest BCUT2D eigenvalue weighted by Gasteiger charge is -2.36. The lowest BCUT2D eigenvalue weighted by atomic mass is 9.66. The Morgan fingerprint density at radius 1 is 1.30 bits per heavy atom. The first kappa shape index (κ1) is 14.4. The van der Waals surface area contributed by atoms with Gasteiger partial charge < -0.3 is 10.4 Å². The van der Waals surface area contributed by atoms with Gasteiger partial charge in [-0.15, -0.1) is 0 Å². The van der Waals surface area contributed by atoms with Crippen molar-refractivity contribution in [2.75, 3.05) is 0 Å². The van der Waals surface area contributed by atoms with Crippen LogP contribution >= 0.6 is 0 Å². The number of carbonyl (C=O) groups is 2. The first-order valence-corrected chi connectivity index (χ1v) is 6.37. The summed E-state index contributed by atoms with van der Waals surface area (Å²) < 4.78 is 26.3. The van der Waals surface area contributed by atoms with Gasteiger partial charge in [0.1, 0.15) is 11.6 Å². The minimum atomic E-state index is -0.982. The van der Waals surface area contributed by atoms with E-state index in [0.29, 0.717) is 12.8 Å². The zero-order valence-electron chi connectivity index (χ0n) is 10.8. The van der Waals surface area contributed by atoms with Crippen molar-refractivity contribution in [3.63, 3.8) is 0 Å². The largest absolute Gasteiger partial charge is 0.481 e. The molecular formula is C14H15F2NO3. The maximum absolute atomic E-state index is 13.4. The van der Waals surface area contributed by atoms with E-state index in [1.165, 1.54) is 0 Å². The minimum Gasteiger partial charge on any atom is -0.481 e. The summed E-state index contributed by atoms with van der Waals surface area (Å²) in [4.78, 5) is 22.9. The lowest BCUT2D eigenvalue weighted by molar-refractivity contribution is -0.157. The van der Waals surface area contributed by atoms with Crippen molar-refractivity contribution in [1.82, 2.24) is 5.32 Å². The molecular weight excluding hydrogens is 268 g/mol. The molecule has 6 heteroatoms. The molecule has 0 spiro atoms. The number of rotatable bonds is 5. The second kappa shape index (κ2) is 5.56. The number of carbonyl (C=O) groups excluding carboxylic acids is 1. The van der Waals surface area contributed by atoms with Crippen molar-refractivity contribution in [2.45, 2.75) is 32.2 Å². The van der Waals surface area contributed by atoms with E-state index in [1.54, 1.807) is 0 Å². The van der Waals surface area contributed by atoms with E-state index in [-0.39, 0.29) is 18.5 Å². The maximum Gasteiger partial charge on any atom is 0.310 e. The predicted molar refractivity (Wildman–Crippen MR) is 66.7 cm³/mol. The van der Waals surface area contributed by atoms with E-state index < -0.39 is 28.9 Å². The summed E-state index contributed by atoms with van der Waals surface area (Å²) in [6.07, 6.45) is 1.62. The van der Waals surface area contributed by atoms with Crippen molar-refractivity contribution in [3.8, 4) is 0 Å². The molecule has 0 aliphatic heterocycles. The molecule has 0 bridgehead atoms. The monoisotopic (exact) mass is 283 g/mol. The Balaban J connectivity index is 1.92. The van der Waals surface area contributed by atoms with Crippen molar-refractivity contribution in [2.24, 2.45) is 5.41 Å². The third kappa shape index (κ3) is 2.95. The predicted octanol–water partition coefficient (Wildman–Crippen LogP) is 2.23. The Kier molecular flexibility index (Phi) is 4.01. The molecule has 0 saturated heterocycles. The van der Waals surface area contributed by atoms with E-state index >= 15 is 0 Å². The number of halogens is 2. The van der Waals surface area contributed by atoms with Crippen LogP contribution in [0.2, 0.25) is 0 Å². The fourth-order valence-corrected chi connectivity index (χ4v) is 2.31. The van der Waals surface area contributed by atoms with E-state index in [1.807, 2.05) is 0 Å². The number of benzene rings is 1. The molecule has 0 atom stereocenters. The summed E-state index contributed by atoms with van der Waals surface area (Å²) in [5.74, 6) is -2.63. The van der Waals surface area contributed by atoms with Crippen LogP contribution in [0.25, 0.3) is 0 Å². The van der Waals surface area contributed by atoms with E-state index in [9.17, 15) is 18.4 Å². The molecule has 1 amide bonds. The molecule has 2 rings (SSSR count). The second-order valence-corrected chi connectivity index (χ2v) is 5.13. The third-order valence-corrected chi connectivity index (χ3v) is 3.75. The first-order chi connectivity index (χ1) is 9.43. The normalized spacial score (nSPS) is 16.3. The molecule has 0 heterocycles. The Morgan fingerprint density at radius 3 is 2.55 bits per heavy atom. The molecule has 0 unspecified atom stereocenters. The highest BCUT2D eigenvalue weighted by molar-refractivity contribution is 5.85. The standard InChI is InChI=1S/C14H15F2NO3/c15-10-2-3-11(16)9(6-10)8-17-12(18)7-14(13(19)20)4-1-5-14/h2-3,6H,1,4-5,7-8H2,(H,17,18)(H,19,20). The smallest absolute Gasteiger partial charge is 0.310 e. The summed E-state index contributed by atoms with van der Waals surface area (Å²) in [7, 11) is 0. The fourth-order valence-electron chi connectivity index (χ4n) is 2.31. The Morgan fingerprint density at radius 2 is 2.00 bits per heavy atom. The molecule has 1 aliphatic rings. The summed E-state index contributed by atoms with van der Waals surface area (Å²) in [5.41, 5.74) is -0.943. The van der Waals surface area contributed by atoms with Gasteiger partial charge in [-0.2, -0.15) is 0 Å². The number of hydrogen-bond acceptors (Lipinski definition) is 2. The van der Waals surface area contributed by atoms with Crippen LogP contribution < -0.4 is 5.32 Å². The highest BCUT2D eigenvalue weighted by Crippen LogP contribution is 2.44. The lowest BCUT2D eigenvalue weighted by Crippen LogP contribution is -2.42. The van der Waals surface area contributed by atoms with Crippen LogP contribution in [-0.2, 0) is 16.1 Å². The highest BCUT2D eigenvalue weighted by Gasteiger charge is 2.45. The van der Waals surface area contributed by atoms with Gasteiger partial charge in [-0.1, -0.05) is 6.42 Å². The number of carboxylic acids is 1. The number of hydrogen-bond donors (Lipinski definition) is 2. The number of amides is 1. The molecule has 1 aromatic carbocycles. The molecule has 20 heavy (non-hydrogen) atoms. The Bertz CT molecular complexity index is 541. The number of carboxylic acid groups (broad SMARTS) is 1. The summed E-state index contributed by atoms with van der Waals surface area (Å²) >= 11 is 0. The van der Waals surface area contributed by atoms with E-state index in [0.717, 1.165) is 24.6 Å². The van der Waals surface area contributed by atoms with Crippen LogP contribution in [0.1, 0.15) is 31.2 Å². The SMILES string of the molecule is O=C(CC1(C(=O)O)CCC1)NCc1cc(F)ccc1F. The maximum atomic E-state index is 13.4. The third-order valence-electron chi connectivity index (χ3n) is 3.75. The topological polar surface area (TPSA) is 66.4 Å². The van der Waals surface area contributed by atoms with Gasteiger partial charge in [-0.3, -0.25) is 9.59 Å². The molecule has 1 aliphatic carbocycles. The van der Waals surface area contributed by atoms with Crippen LogP contribution in [0.3, 0.4) is 0 Å². The van der Waals surface area contributed by atoms with Gasteiger partial charge in [0.2, 0.25) is 5.91 Å². The van der Waals surface area contributed by atoms with E-state index in [2.05, 4.69) is 5.32 Å². The number of aliphatic carboxylic acids is 1. The quantitative estimate of drug-likeness (QED) is 0.870. The van der Waals surface area contributed by atoms with Gasteiger partial charge >= 0.3 is 5.97 Å². The number of nitrogens with one attached hydrogen (secondary N) is 1. The van der Waals surface area contributed by atoms with Crippen LogP contribution in [0.15, 0.2) is 18.2 Å². The van der Waals surface area contributed by atoms with Crippen LogP contribution in [0.5, 0.6) is 0 Å². The minimum absolute atomic E-state index is 0.0383. The van der Waals surface area contributed by atoms with Crippen LogP contribution in [-0.4, -0.2) is 17.0 Å². The van der Waals surface area contributed by atoms with Crippen LogP contribution in [0, 0.1) is 17.0 Å². The summed E-state index contributed by atoms with van der Waals surface area (Å²) in [5, 5.41) is 11.5. The highest BCUT2D eigenvalue weighted by atomic mass is 19.1. The van der Waals surface area contributed by atoms with Gasteiger partial charge in [0.05, 0.1) is 5.41 Å². The summed E-state index contributed by atoms with van der Waals surface area (Å²) in [6, 6.07) is 2.99. The van der Waals surface area contributed by atoms with Crippen molar-refractivity contribution in [3.05, 3.63) is 35.4 Å². The first-order valence-electron chi connectivity index (χ1n) is 6.37. The molecule has 0 aromatic heterocycles. The molecule has 0 radical (unpaired) electrons. The van der Waals surface area contributed by atoms with Crippen molar-refractivity contribution in [1.29, 1.82) is 0 Å². The van der Waals surface area contributed by atoms with Crippen LogP contribution in [0.4, 0.5) is 8.78 Å². The molecule has 1 aromatic rings. The molecule has 1 fully saturated rings. The van der Waals surface area contributed by atoms with Gasteiger partial charge in [0, 0.05) is 18.5 Å². The zero-order valence-corrected chi connectivity index (χ0v) is 10.8. The second-order valence-electron chi connectivity index (χ2n) is 5.13. The Labute approximate surface area is 114 Å². The molecule has 108 valence electrons. The van der Waals surface area contributed by atoms with Crippen molar-refractivity contribution < 1.29 is 23.5 Å². The fraction of sp³-hybridized carbons (Fsp3) is 0.429. The van der Waals surface area contributed by atoms with Gasteiger partial charge in [0.15, 0.2) is 0 Å². The summed E-state index contributed by atoms with van der Waals surface area (Å²) in [6.45, 7) is -0.155. The van der Waals surface area contributed by atoms with Gasteiger partial charge in [0.25, 0.3) is 0 Å². The average Bonchev–Trinajstić information content (AvgIpc) is 2.34. The Hall–Kier alpha value is -1.98. The van der Waals surface area contributed by atoms with Gasteiger partial charge in [-0.25, -0.2) is 8.78 Å². The van der Waals surface area contributed by atoms with E-state index in [4.69, 9.17) is 5.11 Å². The zero-order chi connectivity index (χ0) is 14.8. The average molecular weight is 283 g/mol. The van der Waals surface area contributed by atoms with Crippen molar-refractivity contribution >= 4 is 11.9 Å². The molecule has 1 saturated carbocycles. The molecule has 4 nitrogen and oxygen atoms in total.